The minimum Gasteiger partial charge on any atom is -0.478 e. The molecular weight excluding hydrogens is 216 g/mol. The standard InChI is InChI=1S/C14H24O3/c1-13(2,3)11-6-9-14(17,10-7-11)8-4-5-12(15)16/h4-5,11,17H,6-10H2,1-3H3,(H,15,16)/b5-4+. The number of rotatable bonds is 3. The Balaban J connectivity index is 2.47. The highest BCUT2D eigenvalue weighted by molar-refractivity contribution is 5.79. The van der Waals surface area contributed by atoms with E-state index in [1.54, 1.807) is 6.08 Å². The van der Waals surface area contributed by atoms with Gasteiger partial charge >= 0.3 is 5.97 Å². The lowest BCUT2D eigenvalue weighted by molar-refractivity contribution is -0.131. The van der Waals surface area contributed by atoms with Crippen LogP contribution < -0.4 is 0 Å². The van der Waals surface area contributed by atoms with Gasteiger partial charge in [-0.05, 0) is 43.4 Å². The summed E-state index contributed by atoms with van der Waals surface area (Å²) in [6.07, 6.45) is 6.75. The Kier molecular flexibility index (Phi) is 4.36. The van der Waals surface area contributed by atoms with Crippen molar-refractivity contribution >= 4 is 5.97 Å². The molecule has 2 N–H and O–H groups in total. The van der Waals surface area contributed by atoms with E-state index in [4.69, 9.17) is 5.11 Å². The summed E-state index contributed by atoms with van der Waals surface area (Å²) in [5, 5.41) is 18.8. The van der Waals surface area contributed by atoms with Crippen LogP contribution in [0.25, 0.3) is 0 Å². The second kappa shape index (κ2) is 5.21. The number of hydrogen-bond acceptors (Lipinski definition) is 2. The number of carboxylic acid groups (broad SMARTS) is 1. The van der Waals surface area contributed by atoms with Crippen LogP contribution in [0.2, 0.25) is 0 Å². The first-order valence-corrected chi connectivity index (χ1v) is 6.35. The summed E-state index contributed by atoms with van der Waals surface area (Å²) in [6.45, 7) is 6.73. The molecule has 0 aromatic rings. The third-order valence-corrected chi connectivity index (χ3v) is 3.90. The van der Waals surface area contributed by atoms with Crippen LogP contribution in [-0.2, 0) is 4.79 Å². The molecule has 0 unspecified atom stereocenters. The van der Waals surface area contributed by atoms with Crippen LogP contribution in [0.15, 0.2) is 12.2 Å². The molecule has 3 heteroatoms. The van der Waals surface area contributed by atoms with Crippen LogP contribution >= 0.6 is 0 Å². The Morgan fingerprint density at radius 2 is 1.88 bits per heavy atom. The third kappa shape index (κ3) is 4.50. The summed E-state index contributed by atoms with van der Waals surface area (Å²) in [5.41, 5.74) is -0.383. The van der Waals surface area contributed by atoms with Crippen molar-refractivity contribution in [2.45, 2.75) is 58.5 Å². The molecule has 1 aliphatic rings. The normalized spacial score (nSPS) is 30.7. The molecule has 1 rings (SSSR count). The minimum atomic E-state index is -0.947. The fourth-order valence-electron chi connectivity index (χ4n) is 2.60. The fourth-order valence-corrected chi connectivity index (χ4v) is 2.60. The average Bonchev–Trinajstić information content (AvgIpc) is 2.15. The van der Waals surface area contributed by atoms with Crippen molar-refractivity contribution < 1.29 is 15.0 Å². The number of aliphatic carboxylic acids is 1. The van der Waals surface area contributed by atoms with Crippen molar-refractivity contribution in [2.75, 3.05) is 0 Å². The number of hydrogen-bond donors (Lipinski definition) is 2. The lowest BCUT2D eigenvalue weighted by Crippen LogP contribution is -2.37. The van der Waals surface area contributed by atoms with Gasteiger partial charge in [-0.1, -0.05) is 26.8 Å². The van der Waals surface area contributed by atoms with E-state index < -0.39 is 11.6 Å². The second-order valence-corrected chi connectivity index (χ2v) is 6.31. The van der Waals surface area contributed by atoms with E-state index in [0.29, 0.717) is 17.8 Å². The van der Waals surface area contributed by atoms with E-state index in [9.17, 15) is 9.90 Å². The molecule has 0 bridgehead atoms. The first-order valence-electron chi connectivity index (χ1n) is 6.35. The zero-order valence-electron chi connectivity index (χ0n) is 11.1. The van der Waals surface area contributed by atoms with Crippen molar-refractivity contribution in [1.29, 1.82) is 0 Å². The van der Waals surface area contributed by atoms with Crippen molar-refractivity contribution in [3.8, 4) is 0 Å². The summed E-state index contributed by atoms with van der Waals surface area (Å²) in [6, 6.07) is 0. The van der Waals surface area contributed by atoms with Crippen LogP contribution in [0.1, 0.15) is 52.9 Å². The third-order valence-electron chi connectivity index (χ3n) is 3.90. The number of aliphatic hydroxyl groups is 1. The molecule has 3 nitrogen and oxygen atoms in total. The van der Waals surface area contributed by atoms with Gasteiger partial charge in [0.05, 0.1) is 5.60 Å². The van der Waals surface area contributed by atoms with Gasteiger partial charge in [0, 0.05) is 6.08 Å². The van der Waals surface area contributed by atoms with Crippen LogP contribution in [0, 0.1) is 11.3 Å². The maximum absolute atomic E-state index is 10.4. The van der Waals surface area contributed by atoms with Gasteiger partial charge in [-0.3, -0.25) is 0 Å². The molecule has 0 heterocycles. The molecule has 0 aromatic heterocycles. The van der Waals surface area contributed by atoms with E-state index in [1.807, 2.05) is 0 Å². The van der Waals surface area contributed by atoms with Gasteiger partial charge in [-0.25, -0.2) is 4.79 Å². The molecule has 0 saturated heterocycles. The smallest absolute Gasteiger partial charge is 0.327 e. The van der Waals surface area contributed by atoms with Gasteiger partial charge in [0.15, 0.2) is 0 Å². The Bertz CT molecular complexity index is 291. The molecule has 17 heavy (non-hydrogen) atoms. The summed E-state index contributed by atoms with van der Waals surface area (Å²) >= 11 is 0. The average molecular weight is 240 g/mol. The molecule has 0 aliphatic heterocycles. The van der Waals surface area contributed by atoms with E-state index in [-0.39, 0.29) is 0 Å². The van der Waals surface area contributed by atoms with E-state index in [0.717, 1.165) is 31.8 Å². The summed E-state index contributed by atoms with van der Waals surface area (Å²) in [7, 11) is 0. The predicted octanol–water partition coefficient (Wildman–Crippen LogP) is 2.98. The maximum atomic E-state index is 10.4. The second-order valence-electron chi connectivity index (χ2n) is 6.31. The van der Waals surface area contributed by atoms with E-state index in [1.165, 1.54) is 0 Å². The van der Waals surface area contributed by atoms with Crippen LogP contribution in [0.3, 0.4) is 0 Å². The molecule has 1 saturated carbocycles. The molecule has 0 amide bonds. The minimum absolute atomic E-state index is 0.304. The highest BCUT2D eigenvalue weighted by Gasteiger charge is 2.36. The van der Waals surface area contributed by atoms with Crippen molar-refractivity contribution in [3.63, 3.8) is 0 Å². The summed E-state index contributed by atoms with van der Waals surface area (Å²) < 4.78 is 0. The first-order chi connectivity index (χ1) is 7.73. The van der Waals surface area contributed by atoms with Crippen molar-refractivity contribution in [1.82, 2.24) is 0 Å². The highest BCUT2D eigenvalue weighted by Crippen LogP contribution is 2.42. The van der Waals surface area contributed by atoms with Crippen LogP contribution in [0.5, 0.6) is 0 Å². The Morgan fingerprint density at radius 3 is 2.29 bits per heavy atom. The van der Waals surface area contributed by atoms with Crippen LogP contribution in [-0.4, -0.2) is 21.8 Å². The molecule has 0 aromatic carbocycles. The first kappa shape index (κ1) is 14.2. The molecule has 0 radical (unpaired) electrons. The Labute approximate surface area is 104 Å². The molecule has 1 fully saturated rings. The van der Waals surface area contributed by atoms with E-state index >= 15 is 0 Å². The van der Waals surface area contributed by atoms with Gasteiger partial charge in [-0.15, -0.1) is 0 Å². The van der Waals surface area contributed by atoms with Crippen molar-refractivity contribution in [3.05, 3.63) is 12.2 Å². The predicted molar refractivity (Wildman–Crippen MR) is 67.8 cm³/mol. The quantitative estimate of drug-likeness (QED) is 0.746. The van der Waals surface area contributed by atoms with Crippen molar-refractivity contribution in [2.24, 2.45) is 11.3 Å². The number of carboxylic acids is 1. The van der Waals surface area contributed by atoms with Gasteiger partial charge < -0.3 is 10.2 Å². The lowest BCUT2D eigenvalue weighted by atomic mass is 9.68. The van der Waals surface area contributed by atoms with Crippen LogP contribution in [0.4, 0.5) is 0 Å². The molecule has 98 valence electrons. The molecular formula is C14H24O3. The van der Waals surface area contributed by atoms with Gasteiger partial charge in [-0.2, -0.15) is 0 Å². The monoisotopic (exact) mass is 240 g/mol. The largest absolute Gasteiger partial charge is 0.478 e. The zero-order chi connectivity index (χ0) is 13.1. The summed E-state index contributed by atoms with van der Waals surface area (Å²) in [4.78, 5) is 10.4. The zero-order valence-corrected chi connectivity index (χ0v) is 11.1. The topological polar surface area (TPSA) is 57.5 Å². The maximum Gasteiger partial charge on any atom is 0.327 e. The number of carbonyl (C=O) groups is 1. The van der Waals surface area contributed by atoms with E-state index in [2.05, 4.69) is 20.8 Å². The highest BCUT2D eigenvalue weighted by atomic mass is 16.4. The fraction of sp³-hybridized carbons (Fsp3) is 0.786. The Hall–Kier alpha value is -0.830. The SMILES string of the molecule is CC(C)(C)C1CCC(O)(C/C=C/C(=O)O)CC1. The molecule has 0 spiro atoms. The molecule has 0 atom stereocenters. The molecule has 1 aliphatic carbocycles. The Morgan fingerprint density at radius 1 is 1.35 bits per heavy atom. The van der Waals surface area contributed by atoms with Gasteiger partial charge in [0.25, 0.3) is 0 Å². The lowest BCUT2D eigenvalue weighted by Gasteiger charge is -2.41. The van der Waals surface area contributed by atoms with Gasteiger partial charge in [0.2, 0.25) is 0 Å². The van der Waals surface area contributed by atoms with Gasteiger partial charge in [0.1, 0.15) is 0 Å². The summed E-state index contributed by atoms with van der Waals surface area (Å²) in [5.74, 6) is -0.289.